The number of carbonyl (C=O) groups is 1. The second-order valence-electron chi connectivity index (χ2n) is 4.18. The van der Waals surface area contributed by atoms with Gasteiger partial charge in [0, 0.05) is 6.54 Å². The van der Waals surface area contributed by atoms with Crippen molar-refractivity contribution in [2.75, 3.05) is 13.2 Å². The molecule has 1 aromatic rings. The smallest absolute Gasteiger partial charge is 0.272 e. The molecule has 0 aliphatic carbocycles. The maximum atomic E-state index is 12.2. The van der Waals surface area contributed by atoms with E-state index in [0.717, 1.165) is 19.3 Å². The van der Waals surface area contributed by atoms with Crippen molar-refractivity contribution < 1.29 is 9.90 Å². The van der Waals surface area contributed by atoms with E-state index in [1.807, 2.05) is 0 Å². The first kappa shape index (κ1) is 12.3. The van der Waals surface area contributed by atoms with Crippen molar-refractivity contribution in [3.8, 4) is 0 Å². The Bertz CT molecular complexity index is 411. The molecule has 1 aromatic heterocycles. The molecule has 2 heterocycles. The number of rotatable bonds is 2. The Labute approximate surface area is 105 Å². The number of aliphatic hydroxyl groups excluding tert-OH is 1. The van der Waals surface area contributed by atoms with Crippen LogP contribution >= 0.6 is 11.6 Å². The van der Waals surface area contributed by atoms with Gasteiger partial charge in [-0.15, -0.1) is 0 Å². The summed E-state index contributed by atoms with van der Waals surface area (Å²) in [5.74, 6) is -0.147. The molecule has 0 spiro atoms. The van der Waals surface area contributed by atoms with E-state index in [9.17, 15) is 9.90 Å². The molecule has 1 N–H and O–H groups in total. The topological polar surface area (TPSA) is 53.4 Å². The molecule has 0 aromatic carbocycles. The van der Waals surface area contributed by atoms with Gasteiger partial charge in [0.1, 0.15) is 10.8 Å². The monoisotopic (exact) mass is 254 g/mol. The number of hydrogen-bond acceptors (Lipinski definition) is 3. The lowest BCUT2D eigenvalue weighted by Gasteiger charge is -2.34. The number of amides is 1. The van der Waals surface area contributed by atoms with Crippen molar-refractivity contribution in [3.63, 3.8) is 0 Å². The number of aliphatic hydroxyl groups is 1. The van der Waals surface area contributed by atoms with Crippen LogP contribution in [0.15, 0.2) is 18.2 Å². The van der Waals surface area contributed by atoms with E-state index >= 15 is 0 Å². The highest BCUT2D eigenvalue weighted by Gasteiger charge is 2.27. The van der Waals surface area contributed by atoms with Gasteiger partial charge in [0.05, 0.1) is 12.6 Å². The van der Waals surface area contributed by atoms with Gasteiger partial charge in [-0.1, -0.05) is 17.7 Å². The molecular weight excluding hydrogens is 240 g/mol. The van der Waals surface area contributed by atoms with Gasteiger partial charge in [-0.05, 0) is 31.4 Å². The molecule has 0 saturated carbocycles. The summed E-state index contributed by atoms with van der Waals surface area (Å²) in [7, 11) is 0. The Kier molecular flexibility index (Phi) is 3.97. The molecule has 0 bridgehead atoms. The van der Waals surface area contributed by atoms with E-state index in [4.69, 9.17) is 11.6 Å². The Morgan fingerprint density at radius 3 is 3.06 bits per heavy atom. The lowest BCUT2D eigenvalue weighted by atomic mass is 10.0. The van der Waals surface area contributed by atoms with Crippen LogP contribution in [0.2, 0.25) is 5.15 Å². The first-order valence-electron chi connectivity index (χ1n) is 5.77. The summed E-state index contributed by atoms with van der Waals surface area (Å²) >= 11 is 5.77. The van der Waals surface area contributed by atoms with Crippen molar-refractivity contribution in [2.24, 2.45) is 0 Å². The number of piperidine rings is 1. The summed E-state index contributed by atoms with van der Waals surface area (Å²) in [6, 6.07) is 4.91. The van der Waals surface area contributed by atoms with E-state index in [0.29, 0.717) is 17.4 Å². The number of aromatic nitrogens is 1. The van der Waals surface area contributed by atoms with Crippen LogP contribution in [0.25, 0.3) is 0 Å². The quantitative estimate of drug-likeness (QED) is 0.818. The third-order valence-corrected chi connectivity index (χ3v) is 3.24. The Balaban J connectivity index is 2.18. The van der Waals surface area contributed by atoms with Crippen molar-refractivity contribution >= 4 is 17.5 Å². The van der Waals surface area contributed by atoms with Crippen LogP contribution in [-0.4, -0.2) is 40.1 Å². The van der Waals surface area contributed by atoms with Crippen LogP contribution < -0.4 is 0 Å². The lowest BCUT2D eigenvalue weighted by molar-refractivity contribution is 0.0497. The Hall–Kier alpha value is -1.13. The number of pyridine rings is 1. The maximum absolute atomic E-state index is 12.2. The van der Waals surface area contributed by atoms with Crippen LogP contribution in [0.3, 0.4) is 0 Å². The zero-order chi connectivity index (χ0) is 12.3. The van der Waals surface area contributed by atoms with E-state index in [-0.39, 0.29) is 18.6 Å². The lowest BCUT2D eigenvalue weighted by Crippen LogP contribution is -2.45. The average molecular weight is 255 g/mol. The second kappa shape index (κ2) is 5.47. The molecule has 0 radical (unpaired) electrons. The summed E-state index contributed by atoms with van der Waals surface area (Å²) in [4.78, 5) is 17.9. The molecule has 5 heteroatoms. The molecule has 1 fully saturated rings. The molecule has 1 unspecified atom stereocenters. The highest BCUT2D eigenvalue weighted by atomic mass is 35.5. The number of nitrogens with zero attached hydrogens (tertiary/aromatic N) is 2. The molecule has 17 heavy (non-hydrogen) atoms. The third kappa shape index (κ3) is 2.76. The summed E-state index contributed by atoms with van der Waals surface area (Å²) in [6.45, 7) is 0.685. The maximum Gasteiger partial charge on any atom is 0.272 e. The first-order chi connectivity index (χ1) is 8.22. The van der Waals surface area contributed by atoms with Gasteiger partial charge in [-0.3, -0.25) is 4.79 Å². The predicted octanol–water partition coefficient (Wildman–Crippen LogP) is 1.72. The number of carbonyl (C=O) groups excluding carboxylic acids is 1. The van der Waals surface area contributed by atoms with E-state index in [1.54, 1.807) is 23.1 Å². The summed E-state index contributed by atoms with van der Waals surface area (Å²) in [6.07, 6.45) is 2.88. The van der Waals surface area contributed by atoms with Crippen molar-refractivity contribution in [1.29, 1.82) is 0 Å². The summed E-state index contributed by atoms with van der Waals surface area (Å²) in [5.41, 5.74) is 0.345. The molecule has 1 aliphatic heterocycles. The van der Waals surface area contributed by atoms with Crippen molar-refractivity contribution in [1.82, 2.24) is 9.88 Å². The molecule has 1 saturated heterocycles. The van der Waals surface area contributed by atoms with E-state index in [1.165, 1.54) is 0 Å². The highest BCUT2D eigenvalue weighted by molar-refractivity contribution is 6.29. The Morgan fingerprint density at radius 1 is 1.53 bits per heavy atom. The van der Waals surface area contributed by atoms with Gasteiger partial charge in [-0.2, -0.15) is 0 Å². The molecule has 1 atom stereocenters. The largest absolute Gasteiger partial charge is 0.394 e. The normalized spacial score (nSPS) is 20.4. The van der Waals surface area contributed by atoms with Crippen LogP contribution in [-0.2, 0) is 0 Å². The fourth-order valence-corrected chi connectivity index (χ4v) is 2.30. The third-order valence-electron chi connectivity index (χ3n) is 3.03. The van der Waals surface area contributed by atoms with Gasteiger partial charge in [-0.25, -0.2) is 4.98 Å². The van der Waals surface area contributed by atoms with Crippen LogP contribution in [0.1, 0.15) is 29.8 Å². The minimum absolute atomic E-state index is 0.00626. The molecule has 1 aliphatic rings. The highest BCUT2D eigenvalue weighted by Crippen LogP contribution is 2.19. The molecule has 2 rings (SSSR count). The number of likely N-dealkylation sites (tertiary alicyclic amines) is 1. The zero-order valence-electron chi connectivity index (χ0n) is 9.47. The first-order valence-corrected chi connectivity index (χ1v) is 6.14. The van der Waals surface area contributed by atoms with Gasteiger partial charge in [0.2, 0.25) is 0 Å². The van der Waals surface area contributed by atoms with Gasteiger partial charge >= 0.3 is 0 Å². The zero-order valence-corrected chi connectivity index (χ0v) is 10.2. The molecular formula is C12H15ClN2O2. The standard InChI is InChI=1S/C12H15ClN2O2/c13-11-6-3-5-10(14-11)12(17)15-7-2-1-4-9(15)8-16/h3,5-6,9,16H,1-2,4,7-8H2. The van der Waals surface area contributed by atoms with Crippen molar-refractivity contribution in [2.45, 2.75) is 25.3 Å². The van der Waals surface area contributed by atoms with Crippen LogP contribution in [0.4, 0.5) is 0 Å². The van der Waals surface area contributed by atoms with Crippen molar-refractivity contribution in [3.05, 3.63) is 29.0 Å². The minimum atomic E-state index is -0.147. The van der Waals surface area contributed by atoms with Crippen LogP contribution in [0, 0.1) is 0 Å². The van der Waals surface area contributed by atoms with Gasteiger partial charge in [0.25, 0.3) is 5.91 Å². The van der Waals surface area contributed by atoms with E-state index < -0.39 is 0 Å². The molecule has 4 nitrogen and oxygen atoms in total. The number of halogens is 1. The van der Waals surface area contributed by atoms with Gasteiger partial charge < -0.3 is 10.0 Å². The SMILES string of the molecule is O=C(c1cccc(Cl)n1)N1CCCCC1CO. The average Bonchev–Trinajstić information content (AvgIpc) is 2.38. The summed E-state index contributed by atoms with van der Waals surface area (Å²) < 4.78 is 0. The fourth-order valence-electron chi connectivity index (χ4n) is 2.13. The summed E-state index contributed by atoms with van der Waals surface area (Å²) in [5, 5.41) is 9.58. The molecule has 92 valence electrons. The predicted molar refractivity (Wildman–Crippen MR) is 65.0 cm³/mol. The minimum Gasteiger partial charge on any atom is -0.394 e. The number of hydrogen-bond donors (Lipinski definition) is 1. The van der Waals surface area contributed by atoms with Crippen LogP contribution in [0.5, 0.6) is 0 Å². The van der Waals surface area contributed by atoms with Gasteiger partial charge in [0.15, 0.2) is 0 Å². The second-order valence-corrected chi connectivity index (χ2v) is 4.56. The van der Waals surface area contributed by atoms with E-state index in [2.05, 4.69) is 4.98 Å². The Morgan fingerprint density at radius 2 is 2.35 bits per heavy atom. The molecule has 1 amide bonds. The fraction of sp³-hybridized carbons (Fsp3) is 0.500.